The van der Waals surface area contributed by atoms with Crippen molar-refractivity contribution in [3.63, 3.8) is 0 Å². The SMILES string of the molecule is CN(C)CC=NS(=O)(=O)c1cc(C(=O)c2cc3c(c(Cl)c2Cl)OC(C(=O)O)C3)ccc1Cl. The molecule has 0 saturated carbocycles. The second-order valence-electron chi connectivity index (χ2n) is 7.19. The van der Waals surface area contributed by atoms with E-state index in [-0.39, 0.29) is 49.8 Å². The summed E-state index contributed by atoms with van der Waals surface area (Å²) in [7, 11) is -0.655. The number of hydrogen-bond donors (Lipinski definition) is 1. The summed E-state index contributed by atoms with van der Waals surface area (Å²) in [5.74, 6) is -1.69. The van der Waals surface area contributed by atoms with Gasteiger partial charge in [0.05, 0.1) is 10.0 Å². The number of ketones is 1. The smallest absolute Gasteiger partial charge is 0.345 e. The molecule has 0 saturated heterocycles. The zero-order valence-electron chi connectivity index (χ0n) is 16.8. The summed E-state index contributed by atoms with van der Waals surface area (Å²) >= 11 is 18.5. The predicted octanol–water partition coefficient (Wildman–Crippen LogP) is 3.59. The van der Waals surface area contributed by atoms with Crippen molar-refractivity contribution < 1.29 is 27.9 Å². The lowest BCUT2D eigenvalue weighted by Gasteiger charge is -2.11. The molecule has 1 heterocycles. The molecule has 12 heteroatoms. The summed E-state index contributed by atoms with van der Waals surface area (Å²) in [6, 6.07) is 5.13. The number of carbonyl (C=O) groups excluding carboxylic acids is 1. The molecule has 8 nitrogen and oxygen atoms in total. The maximum atomic E-state index is 13.1. The van der Waals surface area contributed by atoms with Crippen LogP contribution in [0.2, 0.25) is 15.1 Å². The molecule has 2 aromatic carbocycles. The van der Waals surface area contributed by atoms with E-state index < -0.39 is 27.9 Å². The summed E-state index contributed by atoms with van der Waals surface area (Å²) in [6.07, 6.45) is 0.0787. The molecular formula is C20H17Cl3N2O6S. The van der Waals surface area contributed by atoms with Gasteiger partial charge in [-0.3, -0.25) is 4.79 Å². The minimum atomic E-state index is -4.16. The van der Waals surface area contributed by atoms with Crippen LogP contribution in [0.15, 0.2) is 33.6 Å². The Morgan fingerprint density at radius 1 is 1.22 bits per heavy atom. The molecule has 0 amide bonds. The van der Waals surface area contributed by atoms with Crippen LogP contribution >= 0.6 is 34.8 Å². The number of hydrogen-bond acceptors (Lipinski definition) is 6. The van der Waals surface area contributed by atoms with E-state index in [2.05, 4.69) is 4.40 Å². The molecule has 0 bridgehead atoms. The number of fused-ring (bicyclic) bond motifs is 1. The van der Waals surface area contributed by atoms with Crippen molar-refractivity contribution in [3.8, 4) is 5.75 Å². The number of benzene rings is 2. The Kier molecular flexibility index (Phi) is 7.16. The van der Waals surface area contributed by atoms with Crippen molar-refractivity contribution in [2.24, 2.45) is 4.40 Å². The molecule has 32 heavy (non-hydrogen) atoms. The lowest BCUT2D eigenvalue weighted by atomic mass is 9.99. The first-order valence-corrected chi connectivity index (χ1v) is 11.7. The van der Waals surface area contributed by atoms with E-state index in [0.717, 1.165) is 6.07 Å². The van der Waals surface area contributed by atoms with Gasteiger partial charge >= 0.3 is 5.97 Å². The quantitative estimate of drug-likeness (QED) is 0.439. The lowest BCUT2D eigenvalue weighted by molar-refractivity contribution is -0.144. The van der Waals surface area contributed by atoms with Crippen LogP contribution in [0.3, 0.4) is 0 Å². The number of carbonyl (C=O) groups is 2. The van der Waals surface area contributed by atoms with Crippen LogP contribution in [-0.4, -0.2) is 63.1 Å². The van der Waals surface area contributed by atoms with Gasteiger partial charge in [-0.15, -0.1) is 0 Å². The van der Waals surface area contributed by atoms with Gasteiger partial charge in [0.25, 0.3) is 10.0 Å². The van der Waals surface area contributed by atoms with Crippen molar-refractivity contribution in [2.45, 2.75) is 17.4 Å². The fourth-order valence-electron chi connectivity index (χ4n) is 2.98. The molecular weight excluding hydrogens is 503 g/mol. The first kappa shape index (κ1) is 24.5. The average Bonchev–Trinajstić information content (AvgIpc) is 3.15. The van der Waals surface area contributed by atoms with Crippen LogP contribution < -0.4 is 4.74 Å². The van der Waals surface area contributed by atoms with Gasteiger partial charge in [0.2, 0.25) is 0 Å². The second kappa shape index (κ2) is 9.36. The van der Waals surface area contributed by atoms with Crippen molar-refractivity contribution in [2.75, 3.05) is 20.6 Å². The molecule has 0 aliphatic carbocycles. The Balaban J connectivity index is 2.01. The van der Waals surface area contributed by atoms with Crippen LogP contribution in [0.25, 0.3) is 0 Å². The normalized spacial score (nSPS) is 15.8. The predicted molar refractivity (Wildman–Crippen MR) is 121 cm³/mol. The largest absolute Gasteiger partial charge is 0.478 e. The molecule has 2 aromatic rings. The van der Waals surface area contributed by atoms with E-state index in [0.29, 0.717) is 5.56 Å². The highest BCUT2D eigenvalue weighted by Gasteiger charge is 2.33. The van der Waals surface area contributed by atoms with Crippen molar-refractivity contribution in [1.82, 2.24) is 4.90 Å². The standard InChI is InChI=1S/C20H17Cl3N2O6S/c1-25(2)6-5-24-32(29,30)15-9-10(3-4-13(15)21)18(26)12-7-11-8-14(20(27)28)31-19(11)17(23)16(12)22/h3-5,7,9,14H,6,8H2,1-2H3,(H,27,28). The third kappa shape index (κ3) is 4.92. The van der Waals surface area contributed by atoms with Crippen LogP contribution in [0.4, 0.5) is 0 Å². The molecule has 3 rings (SSSR count). The summed E-state index contributed by atoms with van der Waals surface area (Å²) in [5, 5.41) is 8.85. The third-order valence-corrected chi connectivity index (χ3v) is 7.17. The fourth-order valence-corrected chi connectivity index (χ4v) is 4.85. The van der Waals surface area contributed by atoms with Crippen molar-refractivity contribution in [1.29, 1.82) is 0 Å². The molecule has 1 N–H and O–H groups in total. The molecule has 0 radical (unpaired) electrons. The second-order valence-corrected chi connectivity index (χ2v) is 9.95. The number of carboxylic acids is 1. The van der Waals surface area contributed by atoms with Gasteiger partial charge in [0.15, 0.2) is 11.9 Å². The van der Waals surface area contributed by atoms with E-state index >= 15 is 0 Å². The Hall–Kier alpha value is -2.17. The fraction of sp³-hybridized carbons (Fsp3) is 0.250. The molecule has 0 aromatic heterocycles. The van der Waals surface area contributed by atoms with Crippen LogP contribution in [0, 0.1) is 0 Å². The minimum absolute atomic E-state index is 0.00265. The van der Waals surface area contributed by atoms with Crippen LogP contribution in [0.5, 0.6) is 5.75 Å². The number of sulfonamides is 1. The van der Waals surface area contributed by atoms with Gasteiger partial charge in [-0.2, -0.15) is 12.8 Å². The molecule has 1 aliphatic heterocycles. The first-order chi connectivity index (χ1) is 14.9. The highest BCUT2D eigenvalue weighted by Crippen LogP contribution is 2.43. The Morgan fingerprint density at radius 3 is 2.53 bits per heavy atom. The third-order valence-electron chi connectivity index (χ3n) is 4.56. The Morgan fingerprint density at radius 2 is 1.91 bits per heavy atom. The van der Waals surface area contributed by atoms with E-state index in [1.165, 1.54) is 24.4 Å². The summed E-state index contributed by atoms with van der Waals surface area (Å²) in [4.78, 5) is 25.8. The lowest BCUT2D eigenvalue weighted by Crippen LogP contribution is -2.24. The number of carboxylic acid groups (broad SMARTS) is 1. The van der Waals surface area contributed by atoms with Gasteiger partial charge in [0.1, 0.15) is 15.7 Å². The number of halogens is 3. The van der Waals surface area contributed by atoms with Crippen molar-refractivity contribution >= 4 is 62.8 Å². The van der Waals surface area contributed by atoms with E-state index in [1.54, 1.807) is 19.0 Å². The maximum absolute atomic E-state index is 13.1. The summed E-state index contributed by atoms with van der Waals surface area (Å²) < 4.78 is 34.1. The maximum Gasteiger partial charge on any atom is 0.345 e. The topological polar surface area (TPSA) is 113 Å². The highest BCUT2D eigenvalue weighted by molar-refractivity contribution is 7.90. The van der Waals surface area contributed by atoms with Gasteiger partial charge in [-0.1, -0.05) is 34.8 Å². The zero-order chi connectivity index (χ0) is 23.8. The van der Waals surface area contributed by atoms with Crippen molar-refractivity contribution in [3.05, 3.63) is 56.0 Å². The van der Waals surface area contributed by atoms with Gasteiger partial charge in [0, 0.05) is 35.9 Å². The van der Waals surface area contributed by atoms with Crippen LogP contribution in [0.1, 0.15) is 21.5 Å². The Bertz CT molecular complexity index is 1240. The van der Waals surface area contributed by atoms with E-state index in [4.69, 9.17) is 39.5 Å². The molecule has 170 valence electrons. The summed E-state index contributed by atoms with van der Waals surface area (Å²) in [5.41, 5.74) is 0.375. The van der Waals surface area contributed by atoms with Gasteiger partial charge in [-0.05, 0) is 38.4 Å². The number of ether oxygens (including phenoxy) is 1. The average molecular weight is 520 g/mol. The Labute approximate surface area is 199 Å². The number of rotatable bonds is 7. The van der Waals surface area contributed by atoms with Crippen LogP contribution in [-0.2, 0) is 21.2 Å². The first-order valence-electron chi connectivity index (χ1n) is 9.10. The minimum Gasteiger partial charge on any atom is -0.478 e. The highest BCUT2D eigenvalue weighted by atomic mass is 35.5. The number of nitrogens with zero attached hydrogens (tertiary/aromatic N) is 2. The summed E-state index contributed by atoms with van der Waals surface area (Å²) in [6.45, 7) is 0.290. The molecule has 1 aliphatic rings. The van der Waals surface area contributed by atoms with E-state index in [1.807, 2.05) is 0 Å². The molecule has 0 fully saturated rings. The zero-order valence-corrected chi connectivity index (χ0v) is 19.9. The molecule has 1 atom stereocenters. The molecule has 0 spiro atoms. The van der Waals surface area contributed by atoms with Gasteiger partial charge in [-0.25, -0.2) is 4.79 Å². The van der Waals surface area contributed by atoms with E-state index in [9.17, 15) is 23.1 Å². The monoisotopic (exact) mass is 518 g/mol. The van der Waals surface area contributed by atoms with Gasteiger partial charge < -0.3 is 14.7 Å². The number of aliphatic carboxylic acids is 1. The molecule has 1 unspecified atom stereocenters.